The number of rotatable bonds is 2. The Kier molecular flexibility index (Phi) is 3.86. The summed E-state index contributed by atoms with van der Waals surface area (Å²) in [4.78, 5) is 16.6. The molecule has 20 heavy (non-hydrogen) atoms. The van der Waals surface area contributed by atoms with E-state index in [1.807, 2.05) is 26.8 Å². The van der Waals surface area contributed by atoms with Crippen LogP contribution in [0.5, 0.6) is 5.75 Å². The maximum atomic E-state index is 12.4. The summed E-state index contributed by atoms with van der Waals surface area (Å²) in [7, 11) is 1.52. The predicted molar refractivity (Wildman–Crippen MR) is 80.5 cm³/mol. The topological polar surface area (TPSA) is 51.2 Å². The van der Waals surface area contributed by atoms with Gasteiger partial charge in [0.1, 0.15) is 5.52 Å². The van der Waals surface area contributed by atoms with Crippen LogP contribution in [0.25, 0.3) is 10.9 Å². The molecule has 0 fully saturated rings. The molecule has 0 saturated heterocycles. The summed E-state index contributed by atoms with van der Waals surface area (Å²) in [6.07, 6.45) is 1.65. The van der Waals surface area contributed by atoms with Crippen molar-refractivity contribution in [2.75, 3.05) is 7.11 Å². The lowest BCUT2D eigenvalue weighted by atomic mass is 10.1. The number of carbonyl (C=O) groups excluding carboxylic acids is 1. The number of benzene rings is 1. The van der Waals surface area contributed by atoms with Crippen molar-refractivity contribution in [2.45, 2.75) is 26.3 Å². The Bertz CT molecular complexity index is 663. The number of aromatic nitrogens is 1. The second-order valence-corrected chi connectivity index (χ2v) is 5.95. The molecule has 0 aliphatic heterocycles. The van der Waals surface area contributed by atoms with E-state index in [-0.39, 0.29) is 11.4 Å². The molecule has 0 saturated carbocycles. The van der Waals surface area contributed by atoms with Crippen LogP contribution in [0.1, 0.15) is 31.1 Å². The van der Waals surface area contributed by atoms with Crippen LogP contribution in [0, 0.1) is 0 Å². The molecule has 1 heterocycles. The van der Waals surface area contributed by atoms with Crippen molar-refractivity contribution in [1.29, 1.82) is 0 Å². The van der Waals surface area contributed by atoms with Gasteiger partial charge >= 0.3 is 0 Å². The Hall–Kier alpha value is -1.81. The van der Waals surface area contributed by atoms with E-state index in [0.29, 0.717) is 21.9 Å². The third kappa shape index (κ3) is 2.85. The zero-order chi connectivity index (χ0) is 14.9. The van der Waals surface area contributed by atoms with E-state index in [0.717, 1.165) is 5.39 Å². The van der Waals surface area contributed by atoms with Crippen molar-refractivity contribution in [1.82, 2.24) is 10.3 Å². The standard InChI is InChI=1S/C15H17ClN2O2/c1-15(2,3)18-14(19)10-8-11(16)9-6-5-7-17-12(9)13(10)20-4/h5-8H,1-4H3,(H,18,19). The summed E-state index contributed by atoms with van der Waals surface area (Å²) in [5.41, 5.74) is 0.633. The van der Waals surface area contributed by atoms with Crippen molar-refractivity contribution in [2.24, 2.45) is 0 Å². The highest BCUT2D eigenvalue weighted by Crippen LogP contribution is 2.33. The molecule has 1 amide bonds. The Morgan fingerprint density at radius 1 is 1.40 bits per heavy atom. The quantitative estimate of drug-likeness (QED) is 0.922. The first-order valence-corrected chi connectivity index (χ1v) is 6.65. The van der Waals surface area contributed by atoms with Gasteiger partial charge in [0.25, 0.3) is 5.91 Å². The maximum absolute atomic E-state index is 12.4. The number of pyridine rings is 1. The molecule has 0 radical (unpaired) electrons. The van der Waals surface area contributed by atoms with Crippen molar-refractivity contribution in [3.05, 3.63) is 35.0 Å². The zero-order valence-corrected chi connectivity index (χ0v) is 12.7. The van der Waals surface area contributed by atoms with Crippen molar-refractivity contribution in [3.8, 4) is 5.75 Å². The van der Waals surface area contributed by atoms with Crippen LogP contribution in [-0.4, -0.2) is 23.5 Å². The number of halogens is 1. The van der Waals surface area contributed by atoms with Crippen LogP contribution in [0.3, 0.4) is 0 Å². The summed E-state index contributed by atoms with van der Waals surface area (Å²) in [6.45, 7) is 5.74. The molecule has 0 spiro atoms. The van der Waals surface area contributed by atoms with Crippen molar-refractivity contribution >= 4 is 28.4 Å². The third-order valence-corrected chi connectivity index (χ3v) is 3.05. The van der Waals surface area contributed by atoms with Crippen LogP contribution in [0.2, 0.25) is 5.02 Å². The average Bonchev–Trinajstić information content (AvgIpc) is 2.36. The highest BCUT2D eigenvalue weighted by atomic mass is 35.5. The van der Waals surface area contributed by atoms with E-state index in [4.69, 9.17) is 16.3 Å². The van der Waals surface area contributed by atoms with Crippen molar-refractivity contribution < 1.29 is 9.53 Å². The Balaban J connectivity index is 2.62. The summed E-state index contributed by atoms with van der Waals surface area (Å²) in [5.74, 6) is 0.204. The van der Waals surface area contributed by atoms with Crippen molar-refractivity contribution in [3.63, 3.8) is 0 Å². The number of hydrogen-bond acceptors (Lipinski definition) is 3. The number of hydrogen-bond donors (Lipinski definition) is 1. The van der Waals surface area contributed by atoms with E-state index in [1.165, 1.54) is 7.11 Å². The summed E-state index contributed by atoms with van der Waals surface area (Å²) < 4.78 is 5.37. The van der Waals surface area contributed by atoms with Gasteiger partial charge < -0.3 is 10.1 Å². The lowest BCUT2D eigenvalue weighted by Crippen LogP contribution is -2.40. The summed E-state index contributed by atoms with van der Waals surface area (Å²) in [6, 6.07) is 5.26. The van der Waals surface area contributed by atoms with Crippen LogP contribution >= 0.6 is 11.6 Å². The summed E-state index contributed by atoms with van der Waals surface area (Å²) >= 11 is 6.23. The lowest BCUT2D eigenvalue weighted by molar-refractivity contribution is 0.0916. The van der Waals surface area contributed by atoms with Gasteiger partial charge in [-0.15, -0.1) is 0 Å². The van der Waals surface area contributed by atoms with E-state index in [9.17, 15) is 4.79 Å². The van der Waals surface area contributed by atoms with Gasteiger partial charge in [-0.2, -0.15) is 0 Å². The molecule has 4 nitrogen and oxygen atoms in total. The van der Waals surface area contributed by atoms with E-state index in [2.05, 4.69) is 10.3 Å². The minimum absolute atomic E-state index is 0.233. The SMILES string of the molecule is COc1c(C(=O)NC(C)(C)C)cc(Cl)c2cccnc12. The second kappa shape index (κ2) is 5.29. The number of fused-ring (bicyclic) bond motifs is 1. The largest absolute Gasteiger partial charge is 0.494 e. The fraction of sp³-hybridized carbons (Fsp3) is 0.333. The predicted octanol–water partition coefficient (Wildman–Crippen LogP) is 3.43. The molecule has 2 rings (SSSR count). The number of ether oxygens (including phenoxy) is 1. The lowest BCUT2D eigenvalue weighted by Gasteiger charge is -2.21. The number of nitrogens with one attached hydrogen (secondary N) is 1. The molecular weight excluding hydrogens is 276 g/mol. The Labute approximate surface area is 123 Å². The minimum Gasteiger partial charge on any atom is -0.494 e. The summed E-state index contributed by atoms with van der Waals surface area (Å²) in [5, 5.41) is 4.14. The van der Waals surface area contributed by atoms with E-state index >= 15 is 0 Å². The van der Waals surface area contributed by atoms with Crippen LogP contribution in [-0.2, 0) is 0 Å². The molecule has 2 aromatic rings. The van der Waals surface area contributed by atoms with E-state index in [1.54, 1.807) is 18.3 Å². The highest BCUT2D eigenvalue weighted by molar-refractivity contribution is 6.36. The first kappa shape index (κ1) is 14.6. The van der Waals surface area contributed by atoms with Crippen LogP contribution in [0.15, 0.2) is 24.4 Å². The molecule has 1 aromatic carbocycles. The molecule has 0 bridgehead atoms. The average molecular weight is 293 g/mol. The number of carbonyl (C=O) groups is 1. The fourth-order valence-electron chi connectivity index (χ4n) is 1.96. The van der Waals surface area contributed by atoms with Gasteiger partial charge in [-0.1, -0.05) is 11.6 Å². The first-order valence-electron chi connectivity index (χ1n) is 6.27. The molecule has 0 aliphatic rings. The molecule has 0 atom stereocenters. The van der Waals surface area contributed by atoms with Gasteiger partial charge in [-0.05, 0) is 39.0 Å². The van der Waals surface area contributed by atoms with Gasteiger partial charge in [0.15, 0.2) is 5.75 Å². The monoisotopic (exact) mass is 292 g/mol. The second-order valence-electron chi connectivity index (χ2n) is 5.54. The molecule has 106 valence electrons. The van der Waals surface area contributed by atoms with E-state index < -0.39 is 0 Å². The van der Waals surface area contributed by atoms with Crippen LogP contribution in [0.4, 0.5) is 0 Å². The van der Waals surface area contributed by atoms with Gasteiger partial charge in [0.05, 0.1) is 17.7 Å². The van der Waals surface area contributed by atoms with Gasteiger partial charge in [-0.25, -0.2) is 0 Å². The molecule has 5 heteroatoms. The fourth-order valence-corrected chi connectivity index (χ4v) is 2.22. The smallest absolute Gasteiger partial charge is 0.255 e. The van der Waals surface area contributed by atoms with Gasteiger partial charge in [0, 0.05) is 17.1 Å². The molecule has 0 aliphatic carbocycles. The number of nitrogens with zero attached hydrogens (tertiary/aromatic N) is 1. The Morgan fingerprint density at radius 2 is 2.10 bits per heavy atom. The molecule has 1 aromatic heterocycles. The van der Waals surface area contributed by atoms with Gasteiger partial charge in [-0.3, -0.25) is 9.78 Å². The third-order valence-electron chi connectivity index (χ3n) is 2.73. The molecule has 1 N–H and O–H groups in total. The highest BCUT2D eigenvalue weighted by Gasteiger charge is 2.22. The zero-order valence-electron chi connectivity index (χ0n) is 12.0. The Morgan fingerprint density at radius 3 is 2.70 bits per heavy atom. The number of amides is 1. The number of methoxy groups -OCH3 is 1. The maximum Gasteiger partial charge on any atom is 0.255 e. The molecular formula is C15H17ClN2O2. The van der Waals surface area contributed by atoms with Crippen LogP contribution < -0.4 is 10.1 Å². The van der Waals surface area contributed by atoms with Gasteiger partial charge in [0.2, 0.25) is 0 Å². The molecule has 0 unspecified atom stereocenters. The minimum atomic E-state index is -0.340. The first-order chi connectivity index (χ1) is 9.33. The normalized spacial score (nSPS) is 11.4.